The number of nitrogens with two attached hydrogens (primary N) is 1. The molecule has 0 spiro atoms. The van der Waals surface area contributed by atoms with Crippen LogP contribution in [0.1, 0.15) is 30.9 Å². The lowest BCUT2D eigenvalue weighted by Crippen LogP contribution is -2.39. The lowest BCUT2D eigenvalue weighted by atomic mass is 9.86. The second-order valence-electron chi connectivity index (χ2n) is 6.06. The van der Waals surface area contributed by atoms with Crippen molar-refractivity contribution in [3.05, 3.63) is 29.3 Å². The van der Waals surface area contributed by atoms with E-state index >= 15 is 0 Å². The normalized spacial score (nSPS) is 23.2. The van der Waals surface area contributed by atoms with E-state index in [-0.39, 0.29) is 11.5 Å². The Balaban J connectivity index is 2.00. The third kappa shape index (κ3) is 2.26. The van der Waals surface area contributed by atoms with Gasteiger partial charge >= 0.3 is 0 Å². The summed E-state index contributed by atoms with van der Waals surface area (Å²) in [4.78, 5) is 2.46. The van der Waals surface area contributed by atoms with Crippen LogP contribution in [-0.2, 0) is 10.2 Å². The molecule has 1 aliphatic heterocycles. The first-order valence-electron chi connectivity index (χ1n) is 7.33. The van der Waals surface area contributed by atoms with Gasteiger partial charge in [-0.3, -0.25) is 0 Å². The third-order valence-electron chi connectivity index (χ3n) is 4.70. The summed E-state index contributed by atoms with van der Waals surface area (Å²) in [6.45, 7) is 7.97. The number of nitrogens with zero attached hydrogens (tertiary/aromatic N) is 1. The van der Waals surface area contributed by atoms with E-state index in [0.29, 0.717) is 0 Å². The van der Waals surface area contributed by atoms with Crippen molar-refractivity contribution in [3.8, 4) is 0 Å². The van der Waals surface area contributed by atoms with E-state index < -0.39 is 0 Å². The van der Waals surface area contributed by atoms with Crippen molar-refractivity contribution in [2.45, 2.75) is 38.1 Å². The molecule has 1 atom stereocenters. The molecule has 0 amide bonds. The Kier molecular flexibility index (Phi) is 3.27. The molecule has 1 aliphatic carbocycles. The maximum atomic E-state index is 6.27. The summed E-state index contributed by atoms with van der Waals surface area (Å²) in [6, 6.07) is 7.07. The molecular weight excluding hydrogens is 236 g/mol. The molecule has 0 bridgehead atoms. The van der Waals surface area contributed by atoms with Crippen molar-refractivity contribution < 1.29 is 4.74 Å². The van der Waals surface area contributed by atoms with Crippen molar-refractivity contribution >= 4 is 5.69 Å². The quantitative estimate of drug-likeness (QED) is 0.905. The van der Waals surface area contributed by atoms with Gasteiger partial charge in [-0.25, -0.2) is 0 Å². The van der Waals surface area contributed by atoms with Crippen molar-refractivity contribution in [3.63, 3.8) is 0 Å². The van der Waals surface area contributed by atoms with Crippen LogP contribution in [0.15, 0.2) is 18.2 Å². The molecule has 1 unspecified atom stereocenters. The number of hydrogen-bond acceptors (Lipinski definition) is 3. The van der Waals surface area contributed by atoms with E-state index in [1.165, 1.54) is 29.7 Å². The molecule has 104 valence electrons. The van der Waals surface area contributed by atoms with Gasteiger partial charge in [0.1, 0.15) is 0 Å². The van der Waals surface area contributed by atoms with Crippen molar-refractivity contribution in [2.24, 2.45) is 5.73 Å². The highest BCUT2D eigenvalue weighted by Crippen LogP contribution is 2.53. The zero-order chi connectivity index (χ0) is 13.5. The van der Waals surface area contributed by atoms with Gasteiger partial charge in [0.2, 0.25) is 0 Å². The van der Waals surface area contributed by atoms with Crippen LogP contribution >= 0.6 is 0 Å². The van der Waals surface area contributed by atoms with Gasteiger partial charge in [0.25, 0.3) is 0 Å². The molecule has 3 heteroatoms. The number of morpholine rings is 1. The second-order valence-corrected chi connectivity index (χ2v) is 6.06. The minimum atomic E-state index is 0.222. The van der Waals surface area contributed by atoms with Crippen LogP contribution in [0.5, 0.6) is 0 Å². The van der Waals surface area contributed by atoms with Crippen molar-refractivity contribution in [1.82, 2.24) is 0 Å². The van der Waals surface area contributed by atoms with Gasteiger partial charge in [0, 0.05) is 30.2 Å². The molecule has 0 radical (unpaired) electrons. The van der Waals surface area contributed by atoms with E-state index in [0.717, 1.165) is 26.3 Å². The number of anilines is 1. The Hall–Kier alpha value is -1.06. The predicted molar refractivity (Wildman–Crippen MR) is 78.8 cm³/mol. The van der Waals surface area contributed by atoms with Crippen LogP contribution in [0, 0.1) is 6.92 Å². The molecular formula is C16H24N2O. The second kappa shape index (κ2) is 4.80. The fraction of sp³-hybridized carbons (Fsp3) is 0.625. The topological polar surface area (TPSA) is 38.5 Å². The first kappa shape index (κ1) is 12.9. The van der Waals surface area contributed by atoms with Crippen LogP contribution in [0.3, 0.4) is 0 Å². The van der Waals surface area contributed by atoms with E-state index in [9.17, 15) is 0 Å². The number of rotatable bonds is 3. The highest BCUT2D eigenvalue weighted by molar-refractivity contribution is 5.60. The summed E-state index contributed by atoms with van der Waals surface area (Å²) in [6.07, 6.45) is 2.46. The van der Waals surface area contributed by atoms with Crippen LogP contribution in [0.4, 0.5) is 5.69 Å². The minimum Gasteiger partial charge on any atom is -0.378 e. The molecule has 2 aliphatic rings. The predicted octanol–water partition coefficient (Wildman–Crippen LogP) is 2.21. The molecule has 2 fully saturated rings. The molecule has 1 aromatic carbocycles. The van der Waals surface area contributed by atoms with Crippen molar-refractivity contribution in [2.75, 3.05) is 31.2 Å². The minimum absolute atomic E-state index is 0.222. The summed E-state index contributed by atoms with van der Waals surface area (Å²) in [5.41, 5.74) is 10.7. The van der Waals surface area contributed by atoms with Crippen LogP contribution in [0.25, 0.3) is 0 Å². The summed E-state index contributed by atoms with van der Waals surface area (Å²) in [5.74, 6) is 0. The van der Waals surface area contributed by atoms with Crippen LogP contribution in [0.2, 0.25) is 0 Å². The Labute approximate surface area is 115 Å². The maximum Gasteiger partial charge on any atom is 0.0642 e. The molecule has 1 saturated heterocycles. The van der Waals surface area contributed by atoms with Gasteiger partial charge in [0.05, 0.1) is 13.2 Å². The van der Waals surface area contributed by atoms with Gasteiger partial charge in [-0.05, 0) is 38.3 Å². The lowest BCUT2D eigenvalue weighted by Gasteiger charge is -2.34. The molecule has 19 heavy (non-hydrogen) atoms. The molecule has 3 rings (SSSR count). The van der Waals surface area contributed by atoms with E-state index in [1.807, 2.05) is 0 Å². The largest absolute Gasteiger partial charge is 0.378 e. The van der Waals surface area contributed by atoms with E-state index in [1.54, 1.807) is 0 Å². The zero-order valence-corrected chi connectivity index (χ0v) is 12.0. The smallest absolute Gasteiger partial charge is 0.0642 e. The molecule has 1 saturated carbocycles. The fourth-order valence-corrected chi connectivity index (χ4v) is 3.23. The highest BCUT2D eigenvalue weighted by Gasteiger charge is 2.49. The van der Waals surface area contributed by atoms with Gasteiger partial charge in [-0.2, -0.15) is 0 Å². The molecule has 1 aromatic rings. The van der Waals surface area contributed by atoms with Crippen LogP contribution in [-0.4, -0.2) is 32.3 Å². The summed E-state index contributed by atoms with van der Waals surface area (Å²) in [7, 11) is 0. The molecule has 1 heterocycles. The zero-order valence-electron chi connectivity index (χ0n) is 12.0. The first-order valence-corrected chi connectivity index (χ1v) is 7.33. The number of ether oxygens (including phenoxy) is 1. The Morgan fingerprint density at radius 3 is 2.53 bits per heavy atom. The van der Waals surface area contributed by atoms with Gasteiger partial charge in [-0.15, -0.1) is 0 Å². The van der Waals surface area contributed by atoms with E-state index in [4.69, 9.17) is 10.5 Å². The average Bonchev–Trinajstić information content (AvgIpc) is 3.21. The summed E-state index contributed by atoms with van der Waals surface area (Å²) in [5, 5.41) is 0. The van der Waals surface area contributed by atoms with Crippen LogP contribution < -0.4 is 10.6 Å². The number of benzene rings is 1. The summed E-state index contributed by atoms with van der Waals surface area (Å²) < 4.78 is 5.47. The number of hydrogen-bond donors (Lipinski definition) is 1. The third-order valence-corrected chi connectivity index (χ3v) is 4.70. The van der Waals surface area contributed by atoms with Gasteiger partial charge in [-0.1, -0.05) is 17.7 Å². The molecule has 3 nitrogen and oxygen atoms in total. The molecule has 2 N–H and O–H groups in total. The van der Waals surface area contributed by atoms with E-state index in [2.05, 4.69) is 36.9 Å². The SMILES string of the molecule is Cc1ccc(N2CCOCC2)c(C2(C(C)N)CC2)c1. The monoisotopic (exact) mass is 260 g/mol. The maximum absolute atomic E-state index is 6.27. The lowest BCUT2D eigenvalue weighted by molar-refractivity contribution is 0.122. The van der Waals surface area contributed by atoms with Gasteiger partial charge < -0.3 is 15.4 Å². The molecule has 0 aromatic heterocycles. The van der Waals surface area contributed by atoms with Gasteiger partial charge in [0.15, 0.2) is 0 Å². The number of aryl methyl sites for hydroxylation is 1. The fourth-order valence-electron chi connectivity index (χ4n) is 3.23. The first-order chi connectivity index (χ1) is 9.13. The Bertz CT molecular complexity index is 460. The summed E-state index contributed by atoms with van der Waals surface area (Å²) >= 11 is 0. The Morgan fingerprint density at radius 1 is 1.26 bits per heavy atom. The highest BCUT2D eigenvalue weighted by atomic mass is 16.5. The average molecular weight is 260 g/mol. The standard InChI is InChI=1S/C16H24N2O/c1-12-3-4-15(18-7-9-19-10-8-18)14(11-12)16(5-6-16)13(2)17/h3-4,11,13H,5-10,17H2,1-2H3. The Morgan fingerprint density at radius 2 is 1.95 bits per heavy atom. The van der Waals surface area contributed by atoms with Crippen molar-refractivity contribution in [1.29, 1.82) is 0 Å².